The maximum atomic E-state index is 14.6. The molecule has 0 fully saturated rings. The molecule has 0 aliphatic carbocycles. The Morgan fingerprint density at radius 3 is 2.81 bits per heavy atom. The molecule has 1 aromatic carbocycles. The van der Waals surface area contributed by atoms with E-state index in [1.165, 1.54) is 10.6 Å². The maximum Gasteiger partial charge on any atom is 0.260 e. The van der Waals surface area contributed by atoms with Crippen molar-refractivity contribution in [3.05, 3.63) is 81.2 Å². The van der Waals surface area contributed by atoms with Crippen LogP contribution >= 0.6 is 15.9 Å². The average molecular weight is 413 g/mol. The van der Waals surface area contributed by atoms with Gasteiger partial charge in [-0.2, -0.15) is 5.10 Å². The van der Waals surface area contributed by atoms with Gasteiger partial charge in [0.15, 0.2) is 0 Å². The van der Waals surface area contributed by atoms with E-state index in [9.17, 15) is 9.18 Å². The minimum Gasteiger partial charge on any atom is -0.309 e. The van der Waals surface area contributed by atoms with E-state index in [1.807, 2.05) is 19.2 Å². The van der Waals surface area contributed by atoms with Gasteiger partial charge < -0.3 is 4.57 Å². The summed E-state index contributed by atoms with van der Waals surface area (Å²) >= 11 is 3.43. The second kappa shape index (κ2) is 6.49. The van der Waals surface area contributed by atoms with Crippen LogP contribution in [0.25, 0.3) is 22.2 Å². The molecule has 0 atom stereocenters. The smallest absolute Gasteiger partial charge is 0.260 e. The van der Waals surface area contributed by atoms with Gasteiger partial charge in [0.2, 0.25) is 0 Å². The molecule has 0 radical (unpaired) electrons. The van der Waals surface area contributed by atoms with Crippen molar-refractivity contribution in [2.24, 2.45) is 7.05 Å². The monoisotopic (exact) mass is 412 g/mol. The van der Waals surface area contributed by atoms with Crippen molar-refractivity contribution < 1.29 is 4.39 Å². The molecule has 0 amide bonds. The fraction of sp³-hybridized carbons (Fsp3) is 0.105. The van der Waals surface area contributed by atoms with Crippen LogP contribution < -0.4 is 5.56 Å². The van der Waals surface area contributed by atoms with Crippen molar-refractivity contribution in [2.75, 3.05) is 0 Å². The first-order valence-corrected chi connectivity index (χ1v) is 8.74. The van der Waals surface area contributed by atoms with Gasteiger partial charge in [-0.15, -0.1) is 0 Å². The van der Waals surface area contributed by atoms with E-state index in [1.54, 1.807) is 41.5 Å². The minimum atomic E-state index is -0.373. The Labute approximate surface area is 156 Å². The van der Waals surface area contributed by atoms with Crippen LogP contribution in [-0.4, -0.2) is 19.3 Å². The third-order valence-corrected chi connectivity index (χ3v) is 4.78. The Hall–Kier alpha value is -2.80. The molecule has 4 aromatic rings. The zero-order valence-corrected chi connectivity index (χ0v) is 15.4. The highest BCUT2D eigenvalue weighted by atomic mass is 79.9. The lowest BCUT2D eigenvalue weighted by atomic mass is 10.1. The highest BCUT2D eigenvalue weighted by molar-refractivity contribution is 9.10. The average Bonchev–Trinajstić information content (AvgIpc) is 3.07. The zero-order chi connectivity index (χ0) is 18.3. The maximum absolute atomic E-state index is 14.6. The molecular weight excluding hydrogens is 399 g/mol. The molecule has 0 saturated heterocycles. The summed E-state index contributed by atoms with van der Waals surface area (Å²) in [6.07, 6.45) is 5.08. The highest BCUT2D eigenvalue weighted by Crippen LogP contribution is 2.22. The second-order valence-electron chi connectivity index (χ2n) is 5.99. The third kappa shape index (κ3) is 2.94. The van der Waals surface area contributed by atoms with Crippen molar-refractivity contribution in [3.63, 3.8) is 0 Å². The molecule has 5 nitrogen and oxygen atoms in total. The Kier molecular flexibility index (Phi) is 4.16. The van der Waals surface area contributed by atoms with Gasteiger partial charge in [0, 0.05) is 36.8 Å². The molecule has 130 valence electrons. The Morgan fingerprint density at radius 1 is 1.23 bits per heavy atom. The summed E-state index contributed by atoms with van der Waals surface area (Å²) in [5.74, 6) is -0.373. The minimum absolute atomic E-state index is 0.136. The van der Waals surface area contributed by atoms with Crippen LogP contribution in [0.15, 0.2) is 64.3 Å². The van der Waals surface area contributed by atoms with Crippen LogP contribution in [-0.2, 0) is 13.6 Å². The van der Waals surface area contributed by atoms with Crippen LogP contribution in [0.2, 0.25) is 0 Å². The fourth-order valence-corrected chi connectivity index (χ4v) is 3.45. The van der Waals surface area contributed by atoms with Gasteiger partial charge in [0.05, 0.1) is 27.6 Å². The molecule has 3 heterocycles. The van der Waals surface area contributed by atoms with E-state index in [2.05, 4.69) is 26.0 Å². The van der Waals surface area contributed by atoms with Crippen LogP contribution in [0.5, 0.6) is 0 Å². The summed E-state index contributed by atoms with van der Waals surface area (Å²) in [6, 6.07) is 10.2. The van der Waals surface area contributed by atoms with Crippen molar-refractivity contribution in [1.82, 2.24) is 19.3 Å². The lowest BCUT2D eigenvalue weighted by molar-refractivity contribution is 0.597. The van der Waals surface area contributed by atoms with E-state index in [0.717, 1.165) is 0 Å². The number of benzene rings is 1. The molecule has 0 unspecified atom stereocenters. The summed E-state index contributed by atoms with van der Waals surface area (Å²) in [7, 11) is 1.81. The number of nitrogens with zero attached hydrogens (tertiary/aromatic N) is 4. The molecule has 0 saturated carbocycles. The standard InChI is InChI=1S/C19H14BrFN4O/c1-24-8-6-17(23-24)12-4-5-13(16(21)9-12)10-25-11-15(20)18-14(19(25)26)3-2-7-22-18/h2-9,11H,10H2,1H3. The largest absolute Gasteiger partial charge is 0.309 e. The van der Waals surface area contributed by atoms with E-state index in [0.29, 0.717) is 32.2 Å². The quantitative estimate of drug-likeness (QED) is 0.514. The number of aryl methyl sites for hydroxylation is 1. The van der Waals surface area contributed by atoms with Gasteiger partial charge in [0.25, 0.3) is 5.56 Å². The van der Waals surface area contributed by atoms with Gasteiger partial charge in [-0.05, 0) is 40.2 Å². The van der Waals surface area contributed by atoms with E-state index in [4.69, 9.17) is 0 Å². The van der Waals surface area contributed by atoms with E-state index < -0.39 is 0 Å². The Balaban J connectivity index is 1.73. The fourth-order valence-electron chi connectivity index (χ4n) is 2.88. The Morgan fingerprint density at radius 2 is 2.08 bits per heavy atom. The number of hydrogen-bond acceptors (Lipinski definition) is 3. The molecule has 0 aliphatic heterocycles. The summed E-state index contributed by atoms with van der Waals surface area (Å²) in [4.78, 5) is 16.9. The first-order chi connectivity index (χ1) is 12.5. The molecule has 0 aliphatic rings. The number of aromatic nitrogens is 4. The van der Waals surface area contributed by atoms with Gasteiger partial charge in [-0.3, -0.25) is 14.5 Å². The number of pyridine rings is 2. The number of halogens is 2. The Bertz CT molecular complexity index is 1180. The summed E-state index contributed by atoms with van der Waals surface area (Å²) in [5, 5.41) is 4.77. The van der Waals surface area contributed by atoms with Crippen molar-refractivity contribution in [2.45, 2.75) is 6.54 Å². The molecule has 0 N–H and O–H groups in total. The van der Waals surface area contributed by atoms with E-state index >= 15 is 0 Å². The normalized spacial score (nSPS) is 11.2. The van der Waals surface area contributed by atoms with Crippen LogP contribution in [0.3, 0.4) is 0 Å². The third-order valence-electron chi connectivity index (χ3n) is 4.20. The van der Waals surface area contributed by atoms with Gasteiger partial charge in [-0.25, -0.2) is 4.39 Å². The van der Waals surface area contributed by atoms with Gasteiger partial charge in [-0.1, -0.05) is 12.1 Å². The van der Waals surface area contributed by atoms with Crippen molar-refractivity contribution in [1.29, 1.82) is 0 Å². The predicted octanol–water partition coefficient (Wildman–Crippen LogP) is 3.75. The molecule has 3 aromatic heterocycles. The second-order valence-corrected chi connectivity index (χ2v) is 6.84. The first-order valence-electron chi connectivity index (χ1n) is 7.95. The summed E-state index contributed by atoms with van der Waals surface area (Å²) in [6.45, 7) is 0.136. The lowest BCUT2D eigenvalue weighted by Crippen LogP contribution is -2.21. The topological polar surface area (TPSA) is 52.7 Å². The number of fused-ring (bicyclic) bond motifs is 1. The molecule has 4 rings (SSSR count). The van der Waals surface area contributed by atoms with Crippen molar-refractivity contribution in [3.8, 4) is 11.3 Å². The van der Waals surface area contributed by atoms with Gasteiger partial charge >= 0.3 is 0 Å². The zero-order valence-electron chi connectivity index (χ0n) is 13.9. The summed E-state index contributed by atoms with van der Waals surface area (Å²) in [5.41, 5.74) is 2.23. The van der Waals surface area contributed by atoms with Crippen LogP contribution in [0.4, 0.5) is 4.39 Å². The molecule has 7 heteroatoms. The SMILES string of the molecule is Cn1ccc(-c2ccc(Cn3cc(Br)c4ncccc4c3=O)c(F)c2)n1. The van der Waals surface area contributed by atoms with Crippen LogP contribution in [0.1, 0.15) is 5.56 Å². The van der Waals surface area contributed by atoms with Gasteiger partial charge in [0.1, 0.15) is 5.82 Å². The van der Waals surface area contributed by atoms with E-state index in [-0.39, 0.29) is 17.9 Å². The van der Waals surface area contributed by atoms with Crippen LogP contribution in [0, 0.1) is 5.82 Å². The molecule has 0 spiro atoms. The summed E-state index contributed by atoms with van der Waals surface area (Å²) < 4.78 is 18.4. The van der Waals surface area contributed by atoms with Crippen molar-refractivity contribution >= 4 is 26.8 Å². The predicted molar refractivity (Wildman–Crippen MR) is 101 cm³/mol. The lowest BCUT2D eigenvalue weighted by Gasteiger charge is -2.10. The molecular formula is C19H14BrFN4O. The number of hydrogen-bond donors (Lipinski definition) is 0. The highest BCUT2D eigenvalue weighted by Gasteiger charge is 2.12. The first kappa shape index (κ1) is 16.7. The molecule has 0 bridgehead atoms. The molecule has 26 heavy (non-hydrogen) atoms. The number of rotatable bonds is 3.